The van der Waals surface area contributed by atoms with E-state index in [9.17, 15) is 0 Å². The van der Waals surface area contributed by atoms with Crippen molar-refractivity contribution in [3.63, 3.8) is 0 Å². The molecule has 4 aromatic rings. The Morgan fingerprint density at radius 3 is 2.56 bits per heavy atom. The summed E-state index contributed by atoms with van der Waals surface area (Å²) in [4.78, 5) is 4.68. The number of benzene rings is 1. The maximum absolute atomic E-state index is 6.27. The van der Waals surface area contributed by atoms with Crippen molar-refractivity contribution in [3.05, 3.63) is 59.4 Å². The second-order valence-electron chi connectivity index (χ2n) is 6.63. The smallest absolute Gasteiger partial charge is 0.227 e. The van der Waals surface area contributed by atoms with Gasteiger partial charge in [0, 0.05) is 28.6 Å². The van der Waals surface area contributed by atoms with Crippen molar-refractivity contribution in [3.8, 4) is 11.3 Å². The van der Waals surface area contributed by atoms with Gasteiger partial charge in [-0.25, -0.2) is 9.55 Å². The van der Waals surface area contributed by atoms with Crippen LogP contribution in [0.5, 0.6) is 0 Å². The van der Waals surface area contributed by atoms with Gasteiger partial charge in [-0.1, -0.05) is 26.0 Å². The number of hydrogen-bond acceptors (Lipinski definition) is 2. The van der Waals surface area contributed by atoms with E-state index < -0.39 is 0 Å². The van der Waals surface area contributed by atoms with Gasteiger partial charge >= 0.3 is 0 Å². The van der Waals surface area contributed by atoms with Gasteiger partial charge in [0.2, 0.25) is 11.4 Å². The fraction of sp³-hybridized carbons (Fsp3) is 0.273. The maximum atomic E-state index is 6.27. The lowest BCUT2D eigenvalue weighted by Crippen LogP contribution is -2.30. The molecule has 0 aliphatic rings. The summed E-state index contributed by atoms with van der Waals surface area (Å²) < 4.78 is 8.43. The molecule has 3 aromatic heterocycles. The lowest BCUT2D eigenvalue weighted by atomic mass is 9.99. The predicted octanol–water partition coefficient (Wildman–Crippen LogP) is 4.91. The monoisotopic (exact) mass is 331 g/mol. The number of pyridine rings is 2. The van der Waals surface area contributed by atoms with E-state index >= 15 is 0 Å². The number of nitrogens with zero attached hydrogens (tertiary/aromatic N) is 2. The first-order valence-corrected chi connectivity index (χ1v) is 8.93. The van der Waals surface area contributed by atoms with Crippen molar-refractivity contribution in [1.29, 1.82) is 0 Å². The molecule has 4 rings (SSSR count). The van der Waals surface area contributed by atoms with Gasteiger partial charge < -0.3 is 4.42 Å². The van der Waals surface area contributed by atoms with Gasteiger partial charge in [0.15, 0.2) is 11.8 Å². The Balaban J connectivity index is 2.08. The molecule has 0 aliphatic heterocycles. The van der Waals surface area contributed by atoms with Gasteiger partial charge in [-0.05, 0) is 43.0 Å². The van der Waals surface area contributed by atoms with Gasteiger partial charge in [-0.15, -0.1) is 0 Å². The summed E-state index contributed by atoms with van der Waals surface area (Å²) >= 11 is 0. The third-order valence-electron chi connectivity index (χ3n) is 5.01. The van der Waals surface area contributed by atoms with Gasteiger partial charge in [0.05, 0.1) is 5.56 Å². The molecular weight excluding hydrogens is 308 g/mol. The van der Waals surface area contributed by atoms with Gasteiger partial charge in [-0.2, -0.15) is 0 Å². The molecule has 0 unspecified atom stereocenters. The van der Waals surface area contributed by atoms with Crippen LogP contribution in [0.2, 0.25) is 0 Å². The van der Waals surface area contributed by atoms with E-state index in [1.54, 1.807) is 0 Å². The summed E-state index contributed by atoms with van der Waals surface area (Å²) in [6.07, 6.45) is 4.05. The largest absolute Gasteiger partial charge is 0.437 e. The average molecular weight is 331 g/mol. The minimum Gasteiger partial charge on any atom is -0.437 e. The average Bonchev–Trinajstić information content (AvgIpc) is 3.00. The van der Waals surface area contributed by atoms with E-state index in [2.05, 4.69) is 80.0 Å². The summed E-state index contributed by atoms with van der Waals surface area (Å²) in [5.41, 5.74) is 7.60. The van der Waals surface area contributed by atoms with E-state index in [-0.39, 0.29) is 0 Å². The molecule has 3 heterocycles. The standard InChI is InChI=1S/C22H23N2O/c1-5-15-11-12-24(4)19(13-15)20-14(3)7-9-17-18-10-8-16(6-2)23-22(18)25-21(17)20/h7-13H,5-6H2,1-4H3/q+1. The van der Waals surface area contributed by atoms with Crippen LogP contribution in [0.15, 0.2) is 47.0 Å². The molecule has 0 spiro atoms. The van der Waals surface area contributed by atoms with Crippen LogP contribution in [-0.4, -0.2) is 4.98 Å². The van der Waals surface area contributed by atoms with E-state index in [4.69, 9.17) is 4.42 Å². The molecule has 126 valence electrons. The predicted molar refractivity (Wildman–Crippen MR) is 102 cm³/mol. The molecule has 0 N–H and O–H groups in total. The van der Waals surface area contributed by atoms with Crippen LogP contribution in [-0.2, 0) is 19.9 Å². The van der Waals surface area contributed by atoms with Crippen molar-refractivity contribution < 1.29 is 8.98 Å². The van der Waals surface area contributed by atoms with E-state index in [0.29, 0.717) is 0 Å². The highest BCUT2D eigenvalue weighted by Gasteiger charge is 2.21. The Bertz CT molecular complexity index is 1090. The lowest BCUT2D eigenvalue weighted by molar-refractivity contribution is -0.660. The highest BCUT2D eigenvalue weighted by atomic mass is 16.3. The van der Waals surface area contributed by atoms with Crippen LogP contribution in [0.1, 0.15) is 30.7 Å². The number of fused-ring (bicyclic) bond motifs is 3. The van der Waals surface area contributed by atoms with Crippen LogP contribution in [0.3, 0.4) is 0 Å². The first kappa shape index (κ1) is 15.8. The third-order valence-corrected chi connectivity index (χ3v) is 5.01. The van der Waals surface area contributed by atoms with Crippen LogP contribution in [0.25, 0.3) is 33.3 Å². The molecule has 0 bridgehead atoms. The lowest BCUT2D eigenvalue weighted by Gasteiger charge is -2.06. The zero-order valence-electron chi connectivity index (χ0n) is 15.3. The second kappa shape index (κ2) is 5.99. The number of rotatable bonds is 3. The van der Waals surface area contributed by atoms with Crippen molar-refractivity contribution in [2.24, 2.45) is 7.05 Å². The van der Waals surface area contributed by atoms with E-state index in [1.165, 1.54) is 16.8 Å². The SMILES string of the molecule is CCc1cc[n+](C)c(-c2c(C)ccc3c2oc2nc(CC)ccc23)c1. The maximum Gasteiger partial charge on any atom is 0.227 e. The summed E-state index contributed by atoms with van der Waals surface area (Å²) in [6, 6.07) is 13.0. The van der Waals surface area contributed by atoms with Gasteiger partial charge in [0.25, 0.3) is 0 Å². The first-order chi connectivity index (χ1) is 12.1. The van der Waals surface area contributed by atoms with Crippen LogP contribution in [0, 0.1) is 6.92 Å². The van der Waals surface area contributed by atoms with Crippen LogP contribution < -0.4 is 4.57 Å². The summed E-state index contributed by atoms with van der Waals surface area (Å²) in [5.74, 6) is 0. The quantitative estimate of drug-likeness (QED) is 0.500. The number of hydrogen-bond donors (Lipinski definition) is 0. The van der Waals surface area contributed by atoms with E-state index in [0.717, 1.165) is 46.2 Å². The van der Waals surface area contributed by atoms with E-state index in [1.807, 2.05) is 0 Å². The van der Waals surface area contributed by atoms with Crippen molar-refractivity contribution >= 4 is 22.1 Å². The molecule has 0 saturated heterocycles. The first-order valence-electron chi connectivity index (χ1n) is 8.93. The van der Waals surface area contributed by atoms with Crippen molar-refractivity contribution in [2.45, 2.75) is 33.6 Å². The molecule has 1 aromatic carbocycles. The molecule has 3 heteroatoms. The summed E-state index contributed by atoms with van der Waals surface area (Å²) in [5, 5.41) is 2.22. The van der Waals surface area contributed by atoms with Crippen LogP contribution >= 0.6 is 0 Å². The van der Waals surface area contributed by atoms with Crippen molar-refractivity contribution in [2.75, 3.05) is 0 Å². The van der Waals surface area contributed by atoms with Crippen LogP contribution in [0.4, 0.5) is 0 Å². The topological polar surface area (TPSA) is 29.9 Å². The fourth-order valence-electron chi connectivity index (χ4n) is 3.45. The normalized spacial score (nSPS) is 11.5. The molecule has 0 atom stereocenters. The fourth-order valence-corrected chi connectivity index (χ4v) is 3.45. The van der Waals surface area contributed by atoms with Gasteiger partial charge in [0.1, 0.15) is 7.05 Å². The molecule has 0 saturated carbocycles. The molecule has 25 heavy (non-hydrogen) atoms. The molecular formula is C22H23N2O+. The van der Waals surface area contributed by atoms with Gasteiger partial charge in [-0.3, -0.25) is 0 Å². The minimum atomic E-state index is 0.732. The Kier molecular flexibility index (Phi) is 3.79. The Hall–Kier alpha value is -2.68. The number of aryl methyl sites for hydroxylation is 4. The highest BCUT2D eigenvalue weighted by molar-refractivity contribution is 6.08. The second-order valence-corrected chi connectivity index (χ2v) is 6.63. The molecule has 3 nitrogen and oxygen atoms in total. The Morgan fingerprint density at radius 2 is 1.80 bits per heavy atom. The summed E-state index contributed by atoms with van der Waals surface area (Å²) in [7, 11) is 2.09. The Morgan fingerprint density at radius 1 is 1.00 bits per heavy atom. The summed E-state index contributed by atoms with van der Waals surface area (Å²) in [6.45, 7) is 6.44. The molecule has 0 radical (unpaired) electrons. The number of aromatic nitrogens is 2. The van der Waals surface area contributed by atoms with Crippen molar-refractivity contribution in [1.82, 2.24) is 4.98 Å². The minimum absolute atomic E-state index is 0.732. The molecule has 0 fully saturated rings. The third kappa shape index (κ3) is 2.51. The number of furan rings is 1. The zero-order valence-corrected chi connectivity index (χ0v) is 15.3. The zero-order chi connectivity index (χ0) is 17.6. The molecule has 0 amide bonds. The Labute approximate surface area is 147 Å². The highest BCUT2D eigenvalue weighted by Crippen LogP contribution is 2.36. The molecule has 0 aliphatic carbocycles.